The third kappa shape index (κ3) is 3.63. The lowest BCUT2D eigenvalue weighted by atomic mass is 10.0. The van der Waals surface area contributed by atoms with Crippen molar-refractivity contribution in [3.63, 3.8) is 0 Å². The van der Waals surface area contributed by atoms with Crippen molar-refractivity contribution in [3.05, 3.63) is 30.1 Å². The second-order valence-electron chi connectivity index (χ2n) is 4.94. The Kier molecular flexibility index (Phi) is 4.26. The average molecular weight is 232 g/mol. The van der Waals surface area contributed by atoms with Crippen molar-refractivity contribution in [2.45, 2.75) is 32.2 Å². The van der Waals surface area contributed by atoms with Crippen molar-refractivity contribution in [2.75, 3.05) is 13.6 Å². The van der Waals surface area contributed by atoms with Crippen LogP contribution in [0.1, 0.15) is 31.4 Å². The van der Waals surface area contributed by atoms with Gasteiger partial charge in [-0.2, -0.15) is 0 Å². The van der Waals surface area contributed by atoms with Crippen LogP contribution in [0.3, 0.4) is 0 Å². The van der Waals surface area contributed by atoms with E-state index < -0.39 is 0 Å². The standard InChI is InChI=1S/C14H20N2O/c1-16(10-13-8-4-5-9-15-13)11-14(17)12-6-2-3-7-12/h4-5,8-9,12H,2-3,6-7,10-11H2,1H3. The van der Waals surface area contributed by atoms with E-state index >= 15 is 0 Å². The summed E-state index contributed by atoms with van der Waals surface area (Å²) in [6.45, 7) is 1.31. The van der Waals surface area contributed by atoms with Crippen LogP contribution in [0.25, 0.3) is 0 Å². The molecule has 0 amide bonds. The Labute approximate surface area is 103 Å². The predicted octanol–water partition coefficient (Wildman–Crippen LogP) is 2.27. The minimum atomic E-state index is 0.321. The summed E-state index contributed by atoms with van der Waals surface area (Å²) in [4.78, 5) is 18.3. The Morgan fingerprint density at radius 2 is 2.18 bits per heavy atom. The molecule has 1 aromatic heterocycles. The number of Topliss-reactive ketones (excluding diaryl/α,β-unsaturated/α-hetero) is 1. The largest absolute Gasteiger partial charge is 0.298 e. The van der Waals surface area contributed by atoms with Crippen LogP contribution in [0.15, 0.2) is 24.4 Å². The Bertz CT molecular complexity index is 358. The van der Waals surface area contributed by atoms with Gasteiger partial charge in [-0.05, 0) is 32.0 Å². The normalized spacial score (nSPS) is 16.6. The van der Waals surface area contributed by atoms with E-state index in [0.717, 1.165) is 25.1 Å². The Morgan fingerprint density at radius 3 is 2.82 bits per heavy atom. The summed E-state index contributed by atoms with van der Waals surface area (Å²) in [5.74, 6) is 0.724. The molecule has 0 aliphatic heterocycles. The lowest BCUT2D eigenvalue weighted by Gasteiger charge is -2.17. The van der Waals surface area contributed by atoms with Crippen molar-refractivity contribution in [2.24, 2.45) is 5.92 Å². The topological polar surface area (TPSA) is 33.2 Å². The molecule has 0 spiro atoms. The number of nitrogens with zero attached hydrogens (tertiary/aromatic N) is 2. The maximum Gasteiger partial charge on any atom is 0.149 e. The molecule has 1 saturated carbocycles. The third-order valence-corrected chi connectivity index (χ3v) is 3.39. The van der Waals surface area contributed by atoms with Crippen LogP contribution in [0.2, 0.25) is 0 Å². The van der Waals surface area contributed by atoms with Gasteiger partial charge in [0.1, 0.15) is 5.78 Å². The van der Waals surface area contributed by atoms with Crippen molar-refractivity contribution < 1.29 is 4.79 Å². The molecule has 0 atom stereocenters. The highest BCUT2D eigenvalue weighted by atomic mass is 16.1. The minimum Gasteiger partial charge on any atom is -0.298 e. The van der Waals surface area contributed by atoms with Crippen LogP contribution in [0.5, 0.6) is 0 Å². The fraction of sp³-hybridized carbons (Fsp3) is 0.571. The smallest absolute Gasteiger partial charge is 0.149 e. The first-order chi connectivity index (χ1) is 8.25. The van der Waals surface area contributed by atoms with E-state index in [9.17, 15) is 4.79 Å². The number of hydrogen-bond acceptors (Lipinski definition) is 3. The van der Waals surface area contributed by atoms with E-state index in [2.05, 4.69) is 9.88 Å². The van der Waals surface area contributed by atoms with E-state index in [1.807, 2.05) is 25.2 Å². The number of rotatable bonds is 5. The van der Waals surface area contributed by atoms with Gasteiger partial charge >= 0.3 is 0 Å². The zero-order valence-corrected chi connectivity index (χ0v) is 10.4. The monoisotopic (exact) mass is 232 g/mol. The molecule has 0 saturated heterocycles. The first-order valence-corrected chi connectivity index (χ1v) is 6.37. The number of carbonyl (C=O) groups excluding carboxylic acids is 1. The van der Waals surface area contributed by atoms with Gasteiger partial charge in [0.2, 0.25) is 0 Å². The van der Waals surface area contributed by atoms with Gasteiger partial charge in [0, 0.05) is 18.7 Å². The lowest BCUT2D eigenvalue weighted by Crippen LogP contribution is -2.29. The molecule has 3 nitrogen and oxygen atoms in total. The van der Waals surface area contributed by atoms with Crippen molar-refractivity contribution in [1.29, 1.82) is 0 Å². The molecular formula is C14H20N2O. The molecule has 1 aliphatic rings. The number of likely N-dealkylation sites (N-methyl/N-ethyl adjacent to an activating group) is 1. The number of ketones is 1. The molecule has 1 fully saturated rings. The summed E-state index contributed by atoms with van der Waals surface area (Å²) < 4.78 is 0. The number of pyridine rings is 1. The molecule has 2 rings (SSSR count). The van der Waals surface area contributed by atoms with Crippen LogP contribution in [0, 0.1) is 5.92 Å². The fourth-order valence-corrected chi connectivity index (χ4v) is 2.47. The van der Waals surface area contributed by atoms with Crippen molar-refractivity contribution >= 4 is 5.78 Å². The van der Waals surface area contributed by atoms with E-state index in [0.29, 0.717) is 18.2 Å². The maximum atomic E-state index is 12.0. The molecule has 1 aromatic rings. The Balaban J connectivity index is 1.80. The molecule has 1 heterocycles. The predicted molar refractivity (Wildman–Crippen MR) is 67.5 cm³/mol. The van der Waals surface area contributed by atoms with Crippen molar-refractivity contribution in [3.8, 4) is 0 Å². The average Bonchev–Trinajstić information content (AvgIpc) is 2.83. The van der Waals surface area contributed by atoms with Gasteiger partial charge in [0.15, 0.2) is 0 Å². The maximum absolute atomic E-state index is 12.0. The molecule has 0 radical (unpaired) electrons. The highest BCUT2D eigenvalue weighted by Crippen LogP contribution is 2.25. The van der Waals surface area contributed by atoms with Crippen LogP contribution in [-0.2, 0) is 11.3 Å². The Morgan fingerprint density at radius 1 is 1.41 bits per heavy atom. The van der Waals surface area contributed by atoms with Gasteiger partial charge in [-0.15, -0.1) is 0 Å². The second kappa shape index (κ2) is 5.92. The summed E-state index contributed by atoms with van der Waals surface area (Å²) in [6, 6.07) is 5.89. The molecular weight excluding hydrogens is 212 g/mol. The first-order valence-electron chi connectivity index (χ1n) is 6.37. The zero-order chi connectivity index (χ0) is 12.1. The quantitative estimate of drug-likeness (QED) is 0.781. The zero-order valence-electron chi connectivity index (χ0n) is 10.4. The van der Waals surface area contributed by atoms with Crippen molar-refractivity contribution in [1.82, 2.24) is 9.88 Å². The minimum absolute atomic E-state index is 0.321. The van der Waals surface area contributed by atoms with Gasteiger partial charge in [-0.1, -0.05) is 18.9 Å². The number of carbonyl (C=O) groups is 1. The fourth-order valence-electron chi connectivity index (χ4n) is 2.47. The van der Waals surface area contributed by atoms with E-state index in [-0.39, 0.29) is 0 Å². The Hall–Kier alpha value is -1.22. The SMILES string of the molecule is CN(CC(=O)C1CCCC1)Cc1ccccn1. The van der Waals surface area contributed by atoms with Crippen LogP contribution in [-0.4, -0.2) is 29.3 Å². The highest BCUT2D eigenvalue weighted by Gasteiger charge is 2.23. The summed E-state index contributed by atoms with van der Waals surface area (Å²) in [5.41, 5.74) is 1.02. The van der Waals surface area contributed by atoms with Crippen LogP contribution >= 0.6 is 0 Å². The molecule has 0 unspecified atom stereocenters. The molecule has 1 aliphatic carbocycles. The lowest BCUT2D eigenvalue weighted by molar-refractivity contribution is -0.123. The highest BCUT2D eigenvalue weighted by molar-refractivity contribution is 5.83. The summed E-state index contributed by atoms with van der Waals surface area (Å²) in [7, 11) is 1.99. The number of hydrogen-bond donors (Lipinski definition) is 0. The molecule has 0 N–H and O–H groups in total. The second-order valence-corrected chi connectivity index (χ2v) is 4.94. The van der Waals surface area contributed by atoms with E-state index in [4.69, 9.17) is 0 Å². The summed E-state index contributed by atoms with van der Waals surface area (Å²) >= 11 is 0. The molecule has 0 aromatic carbocycles. The van der Waals surface area contributed by atoms with E-state index in [1.54, 1.807) is 6.20 Å². The molecule has 92 valence electrons. The summed E-state index contributed by atoms with van der Waals surface area (Å²) in [6.07, 6.45) is 6.43. The first kappa shape index (κ1) is 12.2. The third-order valence-electron chi connectivity index (χ3n) is 3.39. The van der Waals surface area contributed by atoms with E-state index in [1.165, 1.54) is 12.8 Å². The summed E-state index contributed by atoms with van der Waals surface area (Å²) in [5, 5.41) is 0. The van der Waals surface area contributed by atoms with Gasteiger partial charge in [0.05, 0.1) is 12.2 Å². The molecule has 0 bridgehead atoms. The van der Waals surface area contributed by atoms with Gasteiger partial charge in [-0.3, -0.25) is 14.7 Å². The number of aromatic nitrogens is 1. The van der Waals surface area contributed by atoms with Gasteiger partial charge < -0.3 is 0 Å². The molecule has 3 heteroatoms. The van der Waals surface area contributed by atoms with Crippen LogP contribution in [0.4, 0.5) is 0 Å². The van der Waals surface area contributed by atoms with Crippen LogP contribution < -0.4 is 0 Å². The van der Waals surface area contributed by atoms with Gasteiger partial charge in [0.25, 0.3) is 0 Å². The molecule has 17 heavy (non-hydrogen) atoms. The van der Waals surface area contributed by atoms with Gasteiger partial charge in [-0.25, -0.2) is 0 Å².